The summed E-state index contributed by atoms with van der Waals surface area (Å²) in [5, 5.41) is 14.1. The first-order valence-corrected chi connectivity index (χ1v) is 7.40. The van der Waals surface area contributed by atoms with E-state index < -0.39 is 5.60 Å². The van der Waals surface area contributed by atoms with Crippen molar-refractivity contribution in [2.75, 3.05) is 11.4 Å². The van der Waals surface area contributed by atoms with E-state index in [0.717, 1.165) is 5.69 Å². The minimum absolute atomic E-state index is 0.0659. The quantitative estimate of drug-likeness (QED) is 0.924. The normalized spacial score (nSPS) is 25.0. The molecule has 6 heteroatoms. The molecule has 5 nitrogen and oxygen atoms in total. The first-order valence-electron chi connectivity index (χ1n) is 7.40. The van der Waals surface area contributed by atoms with Gasteiger partial charge in [0.05, 0.1) is 17.2 Å². The van der Waals surface area contributed by atoms with Gasteiger partial charge in [0.1, 0.15) is 5.82 Å². The van der Waals surface area contributed by atoms with Crippen LogP contribution in [0.3, 0.4) is 0 Å². The minimum atomic E-state index is -0.758. The van der Waals surface area contributed by atoms with Crippen LogP contribution in [0.15, 0.2) is 16.7 Å². The summed E-state index contributed by atoms with van der Waals surface area (Å²) >= 11 is 0. The summed E-state index contributed by atoms with van der Waals surface area (Å²) in [6.07, 6.45) is 0.668. The van der Waals surface area contributed by atoms with Crippen LogP contribution in [-0.4, -0.2) is 33.4 Å². The average Bonchev–Trinajstić information content (AvgIpc) is 2.99. The lowest BCUT2D eigenvalue weighted by atomic mass is 9.98. The summed E-state index contributed by atoms with van der Waals surface area (Å²) in [5.41, 5.74) is 0.903. The number of nitrogens with zero attached hydrogens (tertiary/aromatic N) is 3. The van der Waals surface area contributed by atoms with Gasteiger partial charge in [0, 0.05) is 24.7 Å². The van der Waals surface area contributed by atoms with Crippen molar-refractivity contribution in [3.05, 3.63) is 29.4 Å². The maximum atomic E-state index is 14.7. The van der Waals surface area contributed by atoms with Gasteiger partial charge >= 0.3 is 0 Å². The van der Waals surface area contributed by atoms with Gasteiger partial charge in [-0.1, -0.05) is 5.16 Å². The van der Waals surface area contributed by atoms with E-state index in [2.05, 4.69) is 10.1 Å². The SMILES string of the molecule is Cc1nc(-c2ccc(N3CC[C@](C)(O)[C@@H]3C)c(C)c2F)no1. The number of halogens is 1. The standard InChI is InChI=1S/C16H20FN3O2/c1-9-13(20-8-7-16(4,21)10(20)2)6-5-12(14(9)17)15-18-11(3)22-19-15/h5-6,10,21H,7-8H2,1-4H3/t10-,16-/m0/s1. The van der Waals surface area contributed by atoms with Gasteiger partial charge in [-0.25, -0.2) is 4.39 Å². The van der Waals surface area contributed by atoms with E-state index in [0.29, 0.717) is 30.0 Å². The second-order valence-corrected chi connectivity index (χ2v) is 6.18. The molecule has 1 aliphatic heterocycles. The molecule has 3 rings (SSSR count). The van der Waals surface area contributed by atoms with Crippen molar-refractivity contribution < 1.29 is 14.0 Å². The van der Waals surface area contributed by atoms with Crippen LogP contribution >= 0.6 is 0 Å². The molecule has 0 spiro atoms. The largest absolute Gasteiger partial charge is 0.388 e. The van der Waals surface area contributed by atoms with Gasteiger partial charge < -0.3 is 14.5 Å². The highest BCUT2D eigenvalue weighted by Gasteiger charge is 2.40. The number of aryl methyl sites for hydroxylation is 1. The number of benzene rings is 1. The molecule has 0 saturated carbocycles. The summed E-state index contributed by atoms with van der Waals surface area (Å²) in [6, 6.07) is 3.46. The van der Waals surface area contributed by atoms with E-state index in [-0.39, 0.29) is 17.7 Å². The van der Waals surface area contributed by atoms with E-state index in [1.807, 2.05) is 24.8 Å². The fraction of sp³-hybridized carbons (Fsp3) is 0.500. The van der Waals surface area contributed by atoms with Crippen LogP contribution in [0.4, 0.5) is 10.1 Å². The highest BCUT2D eigenvalue weighted by Crippen LogP contribution is 2.36. The van der Waals surface area contributed by atoms with Crippen LogP contribution < -0.4 is 4.90 Å². The Morgan fingerprint density at radius 2 is 2.14 bits per heavy atom. The first kappa shape index (κ1) is 15.0. The zero-order valence-electron chi connectivity index (χ0n) is 13.2. The fourth-order valence-corrected chi connectivity index (χ4v) is 2.98. The Bertz CT molecular complexity index is 711. The maximum Gasteiger partial charge on any atom is 0.223 e. The lowest BCUT2D eigenvalue weighted by Crippen LogP contribution is -2.40. The Hall–Kier alpha value is -1.95. The Kier molecular flexibility index (Phi) is 3.44. The number of anilines is 1. The summed E-state index contributed by atoms with van der Waals surface area (Å²) in [5.74, 6) is 0.309. The topological polar surface area (TPSA) is 62.4 Å². The van der Waals surface area contributed by atoms with Gasteiger partial charge in [-0.3, -0.25) is 0 Å². The van der Waals surface area contributed by atoms with E-state index in [4.69, 9.17) is 4.52 Å². The molecule has 118 valence electrons. The van der Waals surface area contributed by atoms with Crippen molar-refractivity contribution in [2.24, 2.45) is 0 Å². The fourth-order valence-electron chi connectivity index (χ4n) is 2.98. The molecule has 0 aliphatic carbocycles. The molecular formula is C16H20FN3O2. The lowest BCUT2D eigenvalue weighted by molar-refractivity contribution is 0.0565. The molecule has 0 amide bonds. The molecule has 2 heterocycles. The second kappa shape index (κ2) is 5.05. The molecule has 1 aromatic carbocycles. The molecular weight excluding hydrogens is 285 g/mol. The van der Waals surface area contributed by atoms with E-state index in [1.165, 1.54) is 0 Å². The summed E-state index contributed by atoms with van der Waals surface area (Å²) in [6.45, 7) is 7.89. The zero-order valence-corrected chi connectivity index (χ0v) is 13.2. The Balaban J connectivity index is 2.01. The van der Waals surface area contributed by atoms with Crippen molar-refractivity contribution >= 4 is 5.69 Å². The number of hydrogen-bond donors (Lipinski definition) is 1. The summed E-state index contributed by atoms with van der Waals surface area (Å²) in [7, 11) is 0. The lowest BCUT2D eigenvalue weighted by Gasteiger charge is -2.31. The molecule has 2 atom stereocenters. The molecule has 1 fully saturated rings. The third-order valence-corrected chi connectivity index (χ3v) is 4.66. The Morgan fingerprint density at radius 1 is 1.41 bits per heavy atom. The Labute approximate surface area is 128 Å². The third kappa shape index (κ3) is 2.27. The number of rotatable bonds is 2. The van der Waals surface area contributed by atoms with Gasteiger partial charge in [-0.05, 0) is 39.3 Å². The van der Waals surface area contributed by atoms with Gasteiger partial charge in [0.2, 0.25) is 11.7 Å². The van der Waals surface area contributed by atoms with E-state index in [9.17, 15) is 9.50 Å². The molecule has 2 aromatic rings. The highest BCUT2D eigenvalue weighted by molar-refractivity contribution is 5.66. The van der Waals surface area contributed by atoms with Crippen molar-refractivity contribution in [3.63, 3.8) is 0 Å². The molecule has 0 bridgehead atoms. The molecule has 0 radical (unpaired) electrons. The number of aliphatic hydroxyl groups is 1. The van der Waals surface area contributed by atoms with Gasteiger partial charge in [0.25, 0.3) is 0 Å². The van der Waals surface area contributed by atoms with Crippen LogP contribution in [-0.2, 0) is 0 Å². The summed E-state index contributed by atoms with van der Waals surface area (Å²) < 4.78 is 19.6. The van der Waals surface area contributed by atoms with E-state index in [1.54, 1.807) is 19.9 Å². The van der Waals surface area contributed by atoms with E-state index >= 15 is 0 Å². The second-order valence-electron chi connectivity index (χ2n) is 6.18. The predicted octanol–water partition coefficient (Wildman–Crippen LogP) is 2.84. The van der Waals surface area contributed by atoms with Gasteiger partial charge in [-0.2, -0.15) is 4.98 Å². The van der Waals surface area contributed by atoms with Crippen molar-refractivity contribution in [1.29, 1.82) is 0 Å². The first-order chi connectivity index (χ1) is 10.3. The third-order valence-electron chi connectivity index (χ3n) is 4.66. The Morgan fingerprint density at radius 3 is 2.68 bits per heavy atom. The monoisotopic (exact) mass is 305 g/mol. The van der Waals surface area contributed by atoms with Crippen LogP contribution in [0, 0.1) is 19.7 Å². The molecule has 22 heavy (non-hydrogen) atoms. The zero-order chi connectivity index (χ0) is 16.1. The van der Waals surface area contributed by atoms with Crippen LogP contribution in [0.25, 0.3) is 11.4 Å². The summed E-state index contributed by atoms with van der Waals surface area (Å²) in [4.78, 5) is 6.12. The van der Waals surface area contributed by atoms with Crippen molar-refractivity contribution in [1.82, 2.24) is 10.1 Å². The predicted molar refractivity (Wildman–Crippen MR) is 81.2 cm³/mol. The molecule has 1 aromatic heterocycles. The van der Waals surface area contributed by atoms with Crippen LogP contribution in [0.1, 0.15) is 31.7 Å². The van der Waals surface area contributed by atoms with Gasteiger partial charge in [-0.15, -0.1) is 0 Å². The maximum absolute atomic E-state index is 14.7. The molecule has 1 N–H and O–H groups in total. The average molecular weight is 305 g/mol. The number of aromatic nitrogens is 2. The van der Waals surface area contributed by atoms with Crippen LogP contribution in [0.5, 0.6) is 0 Å². The van der Waals surface area contributed by atoms with Gasteiger partial charge in [0.15, 0.2) is 0 Å². The number of hydrogen-bond acceptors (Lipinski definition) is 5. The van der Waals surface area contributed by atoms with Crippen molar-refractivity contribution in [2.45, 2.75) is 45.8 Å². The van der Waals surface area contributed by atoms with Crippen molar-refractivity contribution in [3.8, 4) is 11.4 Å². The van der Waals surface area contributed by atoms with Crippen LogP contribution in [0.2, 0.25) is 0 Å². The smallest absolute Gasteiger partial charge is 0.223 e. The molecule has 0 unspecified atom stereocenters. The highest BCUT2D eigenvalue weighted by atomic mass is 19.1. The molecule has 1 aliphatic rings. The minimum Gasteiger partial charge on any atom is -0.388 e. The molecule has 1 saturated heterocycles.